The number of hydrogen-bond donors (Lipinski definition) is 5. The molecule has 0 aromatic heterocycles. The second-order valence-electron chi connectivity index (χ2n) is 7.05. The second kappa shape index (κ2) is 11.5. The van der Waals surface area contributed by atoms with E-state index in [0.717, 1.165) is 11.6 Å². The average Bonchev–Trinajstić information content (AvgIpc) is 2.76. The molecule has 10 heteroatoms. The zero-order valence-electron chi connectivity index (χ0n) is 17.1. The molecule has 0 bridgehead atoms. The van der Waals surface area contributed by atoms with Crippen LogP contribution in [0.25, 0.3) is 0 Å². The second-order valence-corrected chi connectivity index (χ2v) is 7.05. The fourth-order valence-corrected chi connectivity index (χ4v) is 2.91. The summed E-state index contributed by atoms with van der Waals surface area (Å²) in [5, 5.41) is 30.3. The van der Waals surface area contributed by atoms with Gasteiger partial charge in [0.05, 0.1) is 6.04 Å². The van der Waals surface area contributed by atoms with Crippen molar-refractivity contribution in [3.63, 3.8) is 0 Å². The zero-order valence-corrected chi connectivity index (χ0v) is 17.1. The number of carbonyl (C=O) groups is 4. The van der Waals surface area contributed by atoms with Crippen molar-refractivity contribution in [3.8, 4) is 5.75 Å². The Balaban J connectivity index is 2.11. The van der Waals surface area contributed by atoms with Gasteiger partial charge in [0.2, 0.25) is 0 Å². The van der Waals surface area contributed by atoms with Crippen molar-refractivity contribution >= 4 is 23.8 Å². The van der Waals surface area contributed by atoms with Crippen LogP contribution in [-0.2, 0) is 27.4 Å². The number of carboxylic acids is 2. The summed E-state index contributed by atoms with van der Waals surface area (Å²) in [5.74, 6) is -3.37. The highest BCUT2D eigenvalue weighted by atomic mass is 16.5. The molecular formula is C22H24N2O8. The lowest BCUT2D eigenvalue weighted by atomic mass is 9.93. The number of carboxylic acid groups (broad SMARTS) is 2. The smallest absolute Gasteiger partial charge is 0.408 e. The predicted octanol–water partition coefficient (Wildman–Crippen LogP) is 1.69. The molecule has 2 atom stereocenters. The molecule has 0 aliphatic rings. The minimum Gasteiger partial charge on any atom is -0.508 e. The van der Waals surface area contributed by atoms with Crippen LogP contribution in [-0.4, -0.2) is 51.2 Å². The molecule has 0 fully saturated rings. The maximum absolute atomic E-state index is 12.7. The highest BCUT2D eigenvalue weighted by molar-refractivity contribution is 6.02. The Hall–Kier alpha value is -3.92. The molecule has 2 rings (SSSR count). The number of phenolic OH excluding ortho intramolecular Hbond substituents is 1. The van der Waals surface area contributed by atoms with E-state index in [-0.39, 0.29) is 42.7 Å². The largest absolute Gasteiger partial charge is 0.508 e. The maximum atomic E-state index is 12.7. The minimum atomic E-state index is -1.43. The van der Waals surface area contributed by atoms with Gasteiger partial charge in [0.25, 0.3) is 0 Å². The molecule has 6 N–H and O–H groups in total. The van der Waals surface area contributed by atoms with Crippen LogP contribution in [0, 0.1) is 0 Å². The summed E-state index contributed by atoms with van der Waals surface area (Å²) in [4.78, 5) is 47.2. The average molecular weight is 444 g/mol. The van der Waals surface area contributed by atoms with Crippen LogP contribution in [0.4, 0.5) is 4.79 Å². The van der Waals surface area contributed by atoms with Crippen molar-refractivity contribution in [2.45, 2.75) is 38.0 Å². The van der Waals surface area contributed by atoms with Crippen molar-refractivity contribution < 1.29 is 39.2 Å². The molecule has 0 aliphatic heterocycles. The van der Waals surface area contributed by atoms with Crippen LogP contribution < -0.4 is 11.1 Å². The van der Waals surface area contributed by atoms with Gasteiger partial charge in [-0.2, -0.15) is 0 Å². The topological polar surface area (TPSA) is 176 Å². The first-order valence-corrected chi connectivity index (χ1v) is 9.71. The number of aromatic hydroxyl groups is 1. The highest BCUT2D eigenvalue weighted by Crippen LogP contribution is 2.21. The van der Waals surface area contributed by atoms with Gasteiger partial charge in [-0.15, -0.1) is 0 Å². The van der Waals surface area contributed by atoms with Gasteiger partial charge in [0.1, 0.15) is 18.4 Å². The molecular weight excluding hydrogens is 420 g/mol. The number of Topliss-reactive ketones (excluding diaryl/α,β-unsaturated/α-hetero) is 1. The van der Waals surface area contributed by atoms with Gasteiger partial charge < -0.3 is 31.1 Å². The number of alkyl carbamates (subject to hydrolysis) is 1. The number of benzene rings is 2. The number of carbonyl (C=O) groups excluding carboxylic acids is 2. The number of nitrogens with two attached hydrogens (primary N) is 1. The van der Waals surface area contributed by atoms with Crippen LogP contribution in [0.15, 0.2) is 48.5 Å². The predicted molar refractivity (Wildman–Crippen MR) is 112 cm³/mol. The van der Waals surface area contributed by atoms with Crippen molar-refractivity contribution in [1.82, 2.24) is 5.32 Å². The lowest BCUT2D eigenvalue weighted by Crippen LogP contribution is -2.43. The Morgan fingerprint density at radius 1 is 1.03 bits per heavy atom. The maximum Gasteiger partial charge on any atom is 0.408 e. The van der Waals surface area contributed by atoms with Crippen LogP contribution in [0.3, 0.4) is 0 Å². The van der Waals surface area contributed by atoms with E-state index in [9.17, 15) is 29.4 Å². The van der Waals surface area contributed by atoms with E-state index >= 15 is 0 Å². The van der Waals surface area contributed by atoms with E-state index in [1.54, 1.807) is 30.3 Å². The Bertz CT molecular complexity index is 977. The van der Waals surface area contributed by atoms with E-state index < -0.39 is 35.9 Å². The van der Waals surface area contributed by atoms with Crippen molar-refractivity contribution in [3.05, 3.63) is 65.2 Å². The third-order valence-corrected chi connectivity index (χ3v) is 4.59. The first kappa shape index (κ1) is 24.4. The number of aliphatic carboxylic acids is 2. The van der Waals surface area contributed by atoms with E-state index in [2.05, 4.69) is 5.32 Å². The molecule has 0 unspecified atom stereocenters. The molecule has 10 nitrogen and oxygen atoms in total. The van der Waals surface area contributed by atoms with Crippen molar-refractivity contribution in [2.24, 2.45) is 5.73 Å². The first-order valence-electron chi connectivity index (χ1n) is 9.71. The summed E-state index contributed by atoms with van der Waals surface area (Å²) < 4.78 is 5.04. The minimum absolute atomic E-state index is 0.0476. The van der Waals surface area contributed by atoms with Gasteiger partial charge in [0, 0.05) is 18.4 Å². The van der Waals surface area contributed by atoms with Crippen molar-refractivity contribution in [2.75, 3.05) is 0 Å². The zero-order chi connectivity index (χ0) is 23.7. The normalized spacial score (nSPS) is 12.4. The quantitative estimate of drug-likeness (QED) is 0.323. The third-order valence-electron chi connectivity index (χ3n) is 4.59. The Morgan fingerprint density at radius 2 is 1.72 bits per heavy atom. The van der Waals surface area contributed by atoms with Crippen LogP contribution in [0.5, 0.6) is 5.75 Å². The summed E-state index contributed by atoms with van der Waals surface area (Å²) in [6.45, 7) is -0.0552. The Kier molecular flexibility index (Phi) is 8.72. The molecule has 0 heterocycles. The van der Waals surface area contributed by atoms with Gasteiger partial charge in [-0.05, 0) is 29.7 Å². The Labute approximate surface area is 183 Å². The van der Waals surface area contributed by atoms with E-state index in [4.69, 9.17) is 15.6 Å². The number of nitrogens with one attached hydrogen (secondary N) is 1. The lowest BCUT2D eigenvalue weighted by molar-refractivity contribution is -0.139. The van der Waals surface area contributed by atoms with Gasteiger partial charge in [-0.3, -0.25) is 9.59 Å². The van der Waals surface area contributed by atoms with Crippen molar-refractivity contribution in [1.29, 1.82) is 0 Å². The number of ether oxygens (including phenoxy) is 1. The number of amides is 1. The van der Waals surface area contributed by atoms with E-state index in [0.29, 0.717) is 0 Å². The Morgan fingerprint density at radius 3 is 2.34 bits per heavy atom. The van der Waals surface area contributed by atoms with Crippen LogP contribution >= 0.6 is 0 Å². The van der Waals surface area contributed by atoms with Gasteiger partial charge in [-0.25, -0.2) is 9.59 Å². The summed E-state index contributed by atoms with van der Waals surface area (Å²) in [6.07, 6.45) is -1.70. The molecule has 1 amide bonds. The molecule has 170 valence electrons. The molecule has 0 spiro atoms. The fraction of sp³-hybridized carbons (Fsp3) is 0.273. The van der Waals surface area contributed by atoms with Crippen LogP contribution in [0.1, 0.15) is 34.3 Å². The lowest BCUT2D eigenvalue weighted by Gasteiger charge is -2.18. The first-order chi connectivity index (χ1) is 15.2. The molecule has 0 aliphatic carbocycles. The summed E-state index contributed by atoms with van der Waals surface area (Å²) in [7, 11) is 0. The summed E-state index contributed by atoms with van der Waals surface area (Å²) in [6, 6.07) is 9.97. The monoisotopic (exact) mass is 444 g/mol. The number of hydrogen-bond acceptors (Lipinski definition) is 7. The van der Waals surface area contributed by atoms with E-state index in [1.807, 2.05) is 0 Å². The molecule has 0 radical (unpaired) electrons. The molecule has 2 aromatic rings. The number of rotatable bonds is 11. The number of ketones is 1. The summed E-state index contributed by atoms with van der Waals surface area (Å²) >= 11 is 0. The molecule has 32 heavy (non-hydrogen) atoms. The summed E-state index contributed by atoms with van der Waals surface area (Å²) in [5.41, 5.74) is 6.67. The fourth-order valence-electron chi connectivity index (χ4n) is 2.91. The van der Waals surface area contributed by atoms with E-state index in [1.165, 1.54) is 12.1 Å². The van der Waals surface area contributed by atoms with Gasteiger partial charge in [0.15, 0.2) is 5.78 Å². The molecule has 0 saturated heterocycles. The third kappa shape index (κ3) is 7.40. The SMILES string of the molecule is N[C@@H](CCC(=O)O)C(=O)c1cc(O)ccc1C[C@H](NC(=O)OCc1ccccc1)C(=O)O. The van der Waals surface area contributed by atoms with Gasteiger partial charge >= 0.3 is 18.0 Å². The number of phenols is 1. The molecule has 0 saturated carbocycles. The molecule has 2 aromatic carbocycles. The van der Waals surface area contributed by atoms with Crippen LogP contribution in [0.2, 0.25) is 0 Å². The standard InChI is InChI=1S/C22H24N2O8/c23-17(8-9-19(26)27)20(28)16-11-15(25)7-6-14(16)10-18(21(29)30)24-22(31)32-12-13-4-2-1-3-5-13/h1-7,11,17-18,25H,8-10,12,23H2,(H,24,31)(H,26,27)(H,29,30)/t17-,18-/m0/s1. The highest BCUT2D eigenvalue weighted by Gasteiger charge is 2.26. The van der Waals surface area contributed by atoms with Gasteiger partial charge in [-0.1, -0.05) is 36.4 Å².